The second-order valence-electron chi connectivity index (χ2n) is 8.40. The Morgan fingerprint density at radius 2 is 1.37 bits per heavy atom. The van der Waals surface area contributed by atoms with Crippen LogP contribution in [0.2, 0.25) is 0 Å². The zero-order chi connectivity index (χ0) is 21.2. The predicted octanol–water partition coefficient (Wildman–Crippen LogP) is 6.84. The van der Waals surface area contributed by atoms with E-state index in [1.807, 2.05) is 18.2 Å². The zero-order valence-corrected chi connectivity index (χ0v) is 20.5. The number of hydrogen-bond donors (Lipinski definition) is 0. The van der Waals surface area contributed by atoms with Gasteiger partial charge in [0, 0.05) is 11.7 Å². The van der Waals surface area contributed by atoms with Crippen LogP contribution in [0.5, 0.6) is 0 Å². The second kappa shape index (κ2) is 12.9. The number of benzene rings is 2. The van der Waals surface area contributed by atoms with E-state index in [4.69, 9.17) is 0 Å². The maximum atomic E-state index is 12.8. The van der Waals surface area contributed by atoms with Gasteiger partial charge in [-0.25, -0.2) is 0 Å². The minimum absolute atomic E-state index is 0.140. The normalized spacial score (nSPS) is 20.4. The van der Waals surface area contributed by atoms with Gasteiger partial charge in [0.25, 0.3) is 0 Å². The topological polar surface area (TPSA) is 23.6 Å². The van der Waals surface area contributed by atoms with E-state index in [1.165, 1.54) is 81.4 Å². The fraction of sp³-hybridized carbons (Fsp3) is 0.520. The van der Waals surface area contributed by atoms with Crippen molar-refractivity contribution in [1.29, 1.82) is 0 Å². The summed E-state index contributed by atoms with van der Waals surface area (Å²) in [6.45, 7) is 3.89. The Kier molecular flexibility index (Phi) is 10.2. The summed E-state index contributed by atoms with van der Waals surface area (Å²) in [5.74, 6) is 0.140. The summed E-state index contributed by atoms with van der Waals surface area (Å²) in [5, 5.41) is 2.37. The second-order valence-corrected chi connectivity index (χ2v) is 8.40. The van der Waals surface area contributed by atoms with Gasteiger partial charge in [-0.1, -0.05) is 88.1 Å². The summed E-state index contributed by atoms with van der Waals surface area (Å²) >= 11 is 1.75. The van der Waals surface area contributed by atoms with E-state index in [0.29, 0.717) is 12.6 Å². The van der Waals surface area contributed by atoms with E-state index in [1.54, 1.807) is 24.9 Å². The summed E-state index contributed by atoms with van der Waals surface area (Å²) in [5.41, 5.74) is 0.930. The first-order valence-electron chi connectivity index (χ1n) is 11.3. The average molecular weight is 609 g/mol. The van der Waals surface area contributed by atoms with Gasteiger partial charge in [-0.3, -0.25) is 14.6 Å². The van der Waals surface area contributed by atoms with Crippen molar-refractivity contribution in [2.45, 2.75) is 76.7 Å². The molecule has 2 aliphatic rings. The van der Waals surface area contributed by atoms with Crippen molar-refractivity contribution in [3.63, 3.8) is 0 Å². The molecule has 30 heavy (non-hydrogen) atoms. The van der Waals surface area contributed by atoms with Gasteiger partial charge in [0.1, 0.15) is 0 Å². The van der Waals surface area contributed by atoms with E-state index < -0.39 is 0 Å². The van der Waals surface area contributed by atoms with Crippen molar-refractivity contribution in [2.24, 2.45) is 0 Å². The third kappa shape index (κ3) is 6.58. The molecule has 4 rings (SSSR count). The molecule has 2 aromatic carbocycles. The van der Waals surface area contributed by atoms with E-state index >= 15 is 0 Å². The molecule has 1 aliphatic carbocycles. The van der Waals surface area contributed by atoms with Crippen LogP contribution in [-0.4, -0.2) is 23.4 Å². The zero-order valence-electron chi connectivity index (χ0n) is 17.6. The molecule has 5 heteroatoms. The van der Waals surface area contributed by atoms with Crippen LogP contribution in [0.4, 0.5) is 5.69 Å². The maximum absolute atomic E-state index is 12.8. The number of amides is 1. The van der Waals surface area contributed by atoms with Crippen LogP contribution in [0, 0.1) is 6.67 Å². The molecule has 1 amide bonds. The summed E-state index contributed by atoms with van der Waals surface area (Å²) in [6.07, 6.45) is 14.5. The van der Waals surface area contributed by atoms with E-state index in [-0.39, 0.29) is 5.91 Å². The molecular formula is C25H32AuClN2O. The van der Waals surface area contributed by atoms with Crippen LogP contribution >= 0.6 is 9.19 Å². The Labute approximate surface area is 197 Å². The van der Waals surface area contributed by atoms with Gasteiger partial charge in [-0.05, 0) is 35.7 Å². The Balaban J connectivity index is 0.00000124. The van der Waals surface area contributed by atoms with Crippen LogP contribution in [0.15, 0.2) is 42.5 Å². The molecule has 0 atom stereocenters. The monoisotopic (exact) mass is 608 g/mol. The number of rotatable bonds is 2. The van der Waals surface area contributed by atoms with Gasteiger partial charge in [-0.2, -0.15) is 0 Å². The van der Waals surface area contributed by atoms with Crippen LogP contribution in [-0.2, 0) is 24.8 Å². The summed E-state index contributed by atoms with van der Waals surface area (Å²) in [7, 11) is 4.58. The molecular weight excluding hydrogens is 577 g/mol. The number of nitrogens with zero attached hydrogens (tertiary/aromatic N) is 2. The molecule has 0 spiro atoms. The van der Waals surface area contributed by atoms with Crippen molar-refractivity contribution < 1.29 is 24.8 Å². The van der Waals surface area contributed by atoms with Crippen LogP contribution in [0.25, 0.3) is 10.8 Å². The van der Waals surface area contributed by atoms with Crippen molar-refractivity contribution >= 4 is 31.6 Å². The molecule has 1 aliphatic heterocycles. The first kappa shape index (κ1) is 23.8. The number of fused-ring (bicyclic) bond motifs is 1. The van der Waals surface area contributed by atoms with Gasteiger partial charge in [-0.15, -0.1) is 0 Å². The van der Waals surface area contributed by atoms with Gasteiger partial charge in [0.2, 0.25) is 5.91 Å². The van der Waals surface area contributed by atoms with Crippen molar-refractivity contribution in [3.8, 4) is 0 Å². The third-order valence-electron chi connectivity index (χ3n) is 6.29. The van der Waals surface area contributed by atoms with E-state index in [9.17, 15) is 4.79 Å². The number of carbonyl (C=O) groups excluding carboxylic acids is 1. The van der Waals surface area contributed by atoms with Crippen LogP contribution in [0.3, 0.4) is 0 Å². The number of hydrogen-bond acceptors (Lipinski definition) is 2. The SMILES string of the molecule is O=C1CN(C2CCCCCCCCCCC2)[C]N1c1ccc2ccccc2c1.[Cl][Au]. The summed E-state index contributed by atoms with van der Waals surface area (Å²) in [4.78, 5) is 16.7. The summed E-state index contributed by atoms with van der Waals surface area (Å²) in [6, 6.07) is 15.0. The Bertz CT molecular complexity index is 788. The van der Waals surface area contributed by atoms with Crippen molar-refractivity contribution in [3.05, 3.63) is 49.1 Å². The van der Waals surface area contributed by atoms with Crippen LogP contribution < -0.4 is 4.90 Å². The molecule has 166 valence electrons. The summed E-state index contributed by atoms with van der Waals surface area (Å²) < 4.78 is 0. The first-order chi connectivity index (χ1) is 14.8. The molecule has 0 bridgehead atoms. The Morgan fingerprint density at radius 3 is 2.00 bits per heavy atom. The number of carbonyl (C=O) groups is 1. The predicted molar refractivity (Wildman–Crippen MR) is 122 cm³/mol. The van der Waals surface area contributed by atoms with Crippen LogP contribution in [0.1, 0.15) is 70.6 Å². The first-order valence-corrected chi connectivity index (χ1v) is 14.0. The van der Waals surface area contributed by atoms with E-state index in [2.05, 4.69) is 45.0 Å². The molecule has 0 N–H and O–H groups in total. The number of halogens is 1. The molecule has 2 fully saturated rings. The molecule has 0 unspecified atom stereocenters. The van der Waals surface area contributed by atoms with E-state index in [0.717, 1.165) is 5.69 Å². The van der Waals surface area contributed by atoms with Crippen molar-refractivity contribution in [1.82, 2.24) is 4.90 Å². The molecule has 2 radical (unpaired) electrons. The average Bonchev–Trinajstić information content (AvgIpc) is 3.16. The van der Waals surface area contributed by atoms with Gasteiger partial charge in [0.15, 0.2) is 6.67 Å². The Hall–Kier alpha value is -0.840. The van der Waals surface area contributed by atoms with Crippen molar-refractivity contribution in [2.75, 3.05) is 11.4 Å². The van der Waals surface area contributed by atoms with Gasteiger partial charge >= 0.3 is 29.2 Å². The molecule has 1 heterocycles. The van der Waals surface area contributed by atoms with Gasteiger partial charge < -0.3 is 0 Å². The fourth-order valence-electron chi connectivity index (χ4n) is 4.62. The number of anilines is 1. The molecule has 1 saturated carbocycles. The fourth-order valence-corrected chi connectivity index (χ4v) is 4.62. The molecule has 3 nitrogen and oxygen atoms in total. The minimum atomic E-state index is 0.140. The molecule has 0 aromatic heterocycles. The van der Waals surface area contributed by atoms with Gasteiger partial charge in [0.05, 0.1) is 6.54 Å². The standard InChI is InChI=1S/C25H32N2O.Au.ClH/c28-25-19-26(23-14-8-6-4-2-1-3-5-7-9-15-23)20-27(25)24-17-16-21-12-10-11-13-22(21)18-24;;/h10-13,16-18,23H,1-9,14-15,19H2;;1H/q;+1;/p-1. The quantitative estimate of drug-likeness (QED) is 0.349. The molecule has 1 saturated heterocycles. The Morgan fingerprint density at radius 1 is 0.800 bits per heavy atom. The molecule has 2 aromatic rings. The third-order valence-corrected chi connectivity index (χ3v) is 6.29.